The van der Waals surface area contributed by atoms with Gasteiger partial charge in [0.25, 0.3) is 5.91 Å². The number of carbonyl (C=O) groups is 1. The molecule has 7 heteroatoms. The van der Waals surface area contributed by atoms with Crippen LogP contribution in [0.25, 0.3) is 0 Å². The van der Waals surface area contributed by atoms with Gasteiger partial charge in [-0.3, -0.25) is 9.89 Å². The van der Waals surface area contributed by atoms with Crippen LogP contribution in [0, 0.1) is 6.92 Å². The number of amides is 1. The van der Waals surface area contributed by atoms with E-state index in [-0.39, 0.29) is 5.91 Å². The topological polar surface area (TPSA) is 73.9 Å². The molecule has 0 saturated heterocycles. The molecule has 0 fully saturated rings. The number of nitrogens with one attached hydrogen (secondary N) is 2. The predicted molar refractivity (Wildman–Crippen MR) is 82.5 cm³/mol. The van der Waals surface area contributed by atoms with Crippen molar-refractivity contribution < 1.29 is 4.79 Å². The molecule has 112 valence electrons. The minimum absolute atomic E-state index is 0.129. The van der Waals surface area contributed by atoms with Crippen molar-refractivity contribution in [1.29, 1.82) is 0 Å². The molecule has 0 atom stereocenters. The molecule has 1 aromatic heterocycles. The molecule has 1 amide bonds. The number of aromatic amines is 1. The first-order chi connectivity index (χ1) is 10.0. The lowest BCUT2D eigenvalue weighted by molar-refractivity contribution is 0.0782. The summed E-state index contributed by atoms with van der Waals surface area (Å²) in [6.07, 6.45) is 0. The molecule has 0 aliphatic heterocycles. The van der Waals surface area contributed by atoms with Gasteiger partial charge in [-0.25, -0.2) is 4.98 Å². The lowest BCUT2D eigenvalue weighted by Crippen LogP contribution is -2.27. The molecule has 0 spiro atoms. The Hall–Kier alpha value is -2.08. The van der Waals surface area contributed by atoms with Gasteiger partial charge < -0.3 is 10.2 Å². The minimum atomic E-state index is -0.129. The third kappa shape index (κ3) is 3.72. The number of carbonyl (C=O) groups excluding carboxylic acids is 1. The molecule has 0 aliphatic rings. The van der Waals surface area contributed by atoms with Crippen molar-refractivity contribution in [3.63, 3.8) is 0 Å². The Kier molecular flexibility index (Phi) is 4.80. The maximum absolute atomic E-state index is 12.6. The van der Waals surface area contributed by atoms with Crippen LogP contribution in [-0.2, 0) is 6.54 Å². The normalized spacial score (nSPS) is 10.5. The van der Waals surface area contributed by atoms with Gasteiger partial charge in [-0.05, 0) is 32.0 Å². The SMILES string of the molecule is CCNc1ccc(Cl)cc1C(=O)N(C)Cc1n[nH]c(C)n1. The van der Waals surface area contributed by atoms with E-state index in [0.29, 0.717) is 23.0 Å². The Morgan fingerprint density at radius 2 is 2.24 bits per heavy atom. The van der Waals surface area contributed by atoms with E-state index in [4.69, 9.17) is 11.6 Å². The average Bonchev–Trinajstić information content (AvgIpc) is 2.85. The summed E-state index contributed by atoms with van der Waals surface area (Å²) in [7, 11) is 1.71. The molecule has 2 aromatic rings. The van der Waals surface area contributed by atoms with Gasteiger partial charge in [0.2, 0.25) is 0 Å². The van der Waals surface area contributed by atoms with Crippen LogP contribution in [0.15, 0.2) is 18.2 Å². The van der Waals surface area contributed by atoms with E-state index in [1.807, 2.05) is 19.9 Å². The number of aromatic nitrogens is 3. The second-order valence-corrected chi connectivity index (χ2v) is 5.15. The predicted octanol–water partition coefficient (Wildman–Crippen LogP) is 2.47. The molecule has 0 bridgehead atoms. The minimum Gasteiger partial charge on any atom is -0.385 e. The van der Waals surface area contributed by atoms with E-state index in [2.05, 4.69) is 20.5 Å². The number of H-pyrrole nitrogens is 1. The highest BCUT2D eigenvalue weighted by Gasteiger charge is 2.17. The van der Waals surface area contributed by atoms with Crippen molar-refractivity contribution in [2.45, 2.75) is 20.4 Å². The largest absolute Gasteiger partial charge is 0.385 e. The van der Waals surface area contributed by atoms with Crippen LogP contribution >= 0.6 is 11.6 Å². The number of hydrogen-bond donors (Lipinski definition) is 2. The summed E-state index contributed by atoms with van der Waals surface area (Å²) in [6, 6.07) is 5.24. The molecule has 21 heavy (non-hydrogen) atoms. The molecule has 0 saturated carbocycles. The Labute approximate surface area is 128 Å². The number of hydrogen-bond acceptors (Lipinski definition) is 4. The maximum atomic E-state index is 12.6. The van der Waals surface area contributed by atoms with Gasteiger partial charge in [-0.1, -0.05) is 11.6 Å². The van der Waals surface area contributed by atoms with Crippen LogP contribution in [-0.4, -0.2) is 39.6 Å². The quantitative estimate of drug-likeness (QED) is 0.890. The van der Waals surface area contributed by atoms with E-state index in [1.54, 1.807) is 24.1 Å². The van der Waals surface area contributed by atoms with Crippen LogP contribution in [0.1, 0.15) is 28.9 Å². The number of anilines is 1. The van der Waals surface area contributed by atoms with Gasteiger partial charge in [0, 0.05) is 24.3 Å². The van der Waals surface area contributed by atoms with Crippen molar-refractivity contribution in [1.82, 2.24) is 20.1 Å². The van der Waals surface area contributed by atoms with Crippen molar-refractivity contribution in [2.75, 3.05) is 18.9 Å². The monoisotopic (exact) mass is 307 g/mol. The summed E-state index contributed by atoms with van der Waals surface area (Å²) < 4.78 is 0. The van der Waals surface area contributed by atoms with Crippen molar-refractivity contribution >= 4 is 23.2 Å². The van der Waals surface area contributed by atoms with Crippen molar-refractivity contribution in [2.24, 2.45) is 0 Å². The van der Waals surface area contributed by atoms with E-state index in [9.17, 15) is 4.79 Å². The van der Waals surface area contributed by atoms with Crippen molar-refractivity contribution in [3.8, 4) is 0 Å². The standard InChI is InChI=1S/C14H18ClN5O/c1-4-16-12-6-5-10(15)7-11(12)14(21)20(3)8-13-17-9(2)18-19-13/h5-7,16H,4,8H2,1-3H3,(H,17,18,19). The third-order valence-corrected chi connectivity index (χ3v) is 3.18. The van der Waals surface area contributed by atoms with Crippen LogP contribution in [0.2, 0.25) is 5.02 Å². The number of benzene rings is 1. The molecular weight excluding hydrogens is 290 g/mol. The van der Waals surface area contributed by atoms with Gasteiger partial charge >= 0.3 is 0 Å². The highest BCUT2D eigenvalue weighted by atomic mass is 35.5. The molecule has 0 unspecified atom stereocenters. The summed E-state index contributed by atoms with van der Waals surface area (Å²) in [5.74, 6) is 1.17. The second-order valence-electron chi connectivity index (χ2n) is 4.72. The second kappa shape index (κ2) is 6.58. The fraction of sp³-hybridized carbons (Fsp3) is 0.357. The first-order valence-corrected chi connectivity index (χ1v) is 7.05. The lowest BCUT2D eigenvalue weighted by atomic mass is 10.1. The molecule has 6 nitrogen and oxygen atoms in total. The molecule has 0 radical (unpaired) electrons. The molecule has 2 rings (SSSR count). The van der Waals surface area contributed by atoms with Crippen LogP contribution in [0.3, 0.4) is 0 Å². The van der Waals surface area contributed by atoms with Crippen LogP contribution in [0.4, 0.5) is 5.69 Å². The Bertz CT molecular complexity index is 640. The van der Waals surface area contributed by atoms with E-state index < -0.39 is 0 Å². The summed E-state index contributed by atoms with van der Waals surface area (Å²) in [5, 5.41) is 10.5. The van der Waals surface area contributed by atoms with Gasteiger partial charge in [0.05, 0.1) is 12.1 Å². The summed E-state index contributed by atoms with van der Waals surface area (Å²) in [5.41, 5.74) is 1.31. The zero-order valence-electron chi connectivity index (χ0n) is 12.3. The Morgan fingerprint density at radius 3 is 2.86 bits per heavy atom. The summed E-state index contributed by atoms with van der Waals surface area (Å²) >= 11 is 6.00. The average molecular weight is 308 g/mol. The van der Waals surface area contributed by atoms with Crippen molar-refractivity contribution in [3.05, 3.63) is 40.4 Å². The summed E-state index contributed by atoms with van der Waals surface area (Å²) in [4.78, 5) is 18.3. The highest BCUT2D eigenvalue weighted by Crippen LogP contribution is 2.22. The van der Waals surface area contributed by atoms with E-state index >= 15 is 0 Å². The van der Waals surface area contributed by atoms with Gasteiger partial charge in [-0.15, -0.1) is 0 Å². The number of halogens is 1. The fourth-order valence-corrected chi connectivity index (χ4v) is 2.16. The number of rotatable bonds is 5. The third-order valence-electron chi connectivity index (χ3n) is 2.95. The first kappa shape index (κ1) is 15.3. The number of nitrogens with zero attached hydrogens (tertiary/aromatic N) is 3. The Morgan fingerprint density at radius 1 is 1.48 bits per heavy atom. The molecule has 1 aromatic carbocycles. The van der Waals surface area contributed by atoms with Crippen LogP contribution in [0.5, 0.6) is 0 Å². The summed E-state index contributed by atoms with van der Waals surface area (Å²) in [6.45, 7) is 4.86. The number of aryl methyl sites for hydroxylation is 1. The maximum Gasteiger partial charge on any atom is 0.256 e. The molecule has 0 aliphatic carbocycles. The first-order valence-electron chi connectivity index (χ1n) is 6.68. The lowest BCUT2D eigenvalue weighted by Gasteiger charge is -2.18. The fourth-order valence-electron chi connectivity index (χ4n) is 1.99. The molecular formula is C14H18ClN5O. The van der Waals surface area contributed by atoms with Gasteiger partial charge in [0.15, 0.2) is 5.82 Å². The molecule has 2 N–H and O–H groups in total. The zero-order chi connectivity index (χ0) is 15.4. The van der Waals surface area contributed by atoms with Gasteiger partial charge in [0.1, 0.15) is 5.82 Å². The van der Waals surface area contributed by atoms with Crippen LogP contribution < -0.4 is 5.32 Å². The van der Waals surface area contributed by atoms with E-state index in [0.717, 1.165) is 18.1 Å². The smallest absolute Gasteiger partial charge is 0.256 e. The zero-order valence-corrected chi connectivity index (χ0v) is 13.0. The molecule has 1 heterocycles. The van der Waals surface area contributed by atoms with Gasteiger partial charge in [-0.2, -0.15) is 5.10 Å². The van der Waals surface area contributed by atoms with E-state index in [1.165, 1.54) is 0 Å². The highest BCUT2D eigenvalue weighted by molar-refractivity contribution is 6.31. The Balaban J connectivity index is 2.20.